The highest BCUT2D eigenvalue weighted by molar-refractivity contribution is 9.10. The number of carbonyl (C=O) groups excluding carboxylic acids is 3. The van der Waals surface area contributed by atoms with Crippen LogP contribution in [0.25, 0.3) is 6.08 Å². The number of hydrogen-bond acceptors (Lipinski definition) is 7. The molecule has 0 unspecified atom stereocenters. The molecule has 2 aromatic carbocycles. The Morgan fingerprint density at radius 1 is 1.23 bits per heavy atom. The van der Waals surface area contributed by atoms with Crippen molar-refractivity contribution in [1.82, 2.24) is 4.90 Å². The van der Waals surface area contributed by atoms with E-state index in [2.05, 4.69) is 20.7 Å². The largest absolute Gasteiger partial charge is 0.486 e. The molecule has 2 amide bonds. The second-order valence-corrected chi connectivity index (χ2v) is 9.47. The number of ether oxygens (including phenoxy) is 2. The molecule has 0 aliphatic carbocycles. The lowest BCUT2D eigenvalue weighted by molar-refractivity contribution is -0.123. The number of amides is 2. The average molecular weight is 581 g/mol. The summed E-state index contributed by atoms with van der Waals surface area (Å²) in [6, 6.07) is 12.4. The minimum Gasteiger partial charge on any atom is -0.486 e. The van der Waals surface area contributed by atoms with Crippen molar-refractivity contribution in [1.29, 1.82) is 0 Å². The Labute approximate surface area is 216 Å². The molecule has 1 aliphatic rings. The molecule has 1 aromatic heterocycles. The molecule has 2 heterocycles. The first-order valence-electron chi connectivity index (χ1n) is 10.0. The van der Waals surface area contributed by atoms with Crippen LogP contribution in [0.4, 0.5) is 9.18 Å². The number of imide groups is 1. The van der Waals surface area contributed by atoms with Gasteiger partial charge in [-0.1, -0.05) is 29.8 Å². The summed E-state index contributed by atoms with van der Waals surface area (Å²) in [6.45, 7) is -0.153. The van der Waals surface area contributed by atoms with Gasteiger partial charge in [0, 0.05) is 5.56 Å². The van der Waals surface area contributed by atoms with Gasteiger partial charge in [0.25, 0.3) is 11.1 Å². The minimum atomic E-state index is -0.658. The van der Waals surface area contributed by atoms with Gasteiger partial charge in [-0.15, -0.1) is 0 Å². The molecular weight excluding hydrogens is 565 g/mol. The van der Waals surface area contributed by atoms with Gasteiger partial charge in [-0.05, 0) is 69.7 Å². The number of nitrogens with zero attached hydrogens (tertiary/aromatic N) is 1. The fourth-order valence-electron chi connectivity index (χ4n) is 3.18. The van der Waals surface area contributed by atoms with Gasteiger partial charge < -0.3 is 13.9 Å². The zero-order valence-corrected chi connectivity index (χ0v) is 21.2. The van der Waals surface area contributed by atoms with E-state index in [9.17, 15) is 18.8 Å². The van der Waals surface area contributed by atoms with E-state index in [1.165, 1.54) is 31.4 Å². The van der Waals surface area contributed by atoms with E-state index in [1.807, 2.05) is 0 Å². The Hall–Kier alpha value is -3.08. The molecule has 1 aliphatic heterocycles. The summed E-state index contributed by atoms with van der Waals surface area (Å²) >= 11 is 10.5. The van der Waals surface area contributed by atoms with Crippen LogP contribution in [-0.2, 0) is 22.7 Å². The van der Waals surface area contributed by atoms with Crippen molar-refractivity contribution in [2.24, 2.45) is 0 Å². The first-order chi connectivity index (χ1) is 16.8. The lowest BCUT2D eigenvalue weighted by Crippen LogP contribution is -2.27. The van der Waals surface area contributed by atoms with Crippen LogP contribution in [0.15, 0.2) is 62.3 Å². The van der Waals surface area contributed by atoms with Crippen LogP contribution in [0, 0.1) is 5.82 Å². The van der Waals surface area contributed by atoms with E-state index in [0.29, 0.717) is 21.3 Å². The molecule has 0 radical (unpaired) electrons. The molecule has 0 spiro atoms. The Morgan fingerprint density at radius 2 is 2.00 bits per heavy atom. The van der Waals surface area contributed by atoms with Gasteiger partial charge in [0.2, 0.25) is 5.76 Å². The first kappa shape index (κ1) is 25.0. The van der Waals surface area contributed by atoms with Crippen LogP contribution >= 0.6 is 39.3 Å². The molecule has 0 N–H and O–H groups in total. The second kappa shape index (κ2) is 10.7. The van der Waals surface area contributed by atoms with Crippen molar-refractivity contribution in [3.8, 4) is 5.75 Å². The number of halogens is 3. The molecular formula is C24H16BrClFNO6S. The second-order valence-electron chi connectivity index (χ2n) is 7.22. The summed E-state index contributed by atoms with van der Waals surface area (Å²) in [5, 5.41) is -0.237. The van der Waals surface area contributed by atoms with Crippen molar-refractivity contribution in [3.05, 3.63) is 91.4 Å². The van der Waals surface area contributed by atoms with E-state index in [0.717, 1.165) is 16.7 Å². The highest BCUT2D eigenvalue weighted by Crippen LogP contribution is 2.38. The molecule has 35 heavy (non-hydrogen) atoms. The third kappa shape index (κ3) is 5.61. The maximum atomic E-state index is 13.9. The number of carbonyl (C=O) groups is 3. The molecule has 1 fully saturated rings. The quantitative estimate of drug-likeness (QED) is 0.235. The van der Waals surface area contributed by atoms with Gasteiger partial charge in [0.05, 0.1) is 28.1 Å². The number of benzene rings is 2. The van der Waals surface area contributed by atoms with Crippen LogP contribution in [0.1, 0.15) is 27.4 Å². The van der Waals surface area contributed by atoms with Crippen molar-refractivity contribution in [2.45, 2.75) is 13.2 Å². The Bertz CT molecular complexity index is 1330. The molecule has 0 saturated carbocycles. The number of methoxy groups -OCH3 is 1. The van der Waals surface area contributed by atoms with Crippen LogP contribution in [-0.4, -0.2) is 29.1 Å². The number of thioether (sulfide) groups is 1. The van der Waals surface area contributed by atoms with Gasteiger partial charge in [-0.2, -0.15) is 0 Å². The van der Waals surface area contributed by atoms with Crippen molar-refractivity contribution >= 4 is 62.5 Å². The molecule has 11 heteroatoms. The standard InChI is InChI=1S/C24H16BrClFNO6S/c1-32-23(30)19-7-6-15(34-19)11-28-22(29)20(35-24(28)31)10-13-8-16(25)21(17(26)9-13)33-12-14-4-2-3-5-18(14)27/h2-10H,11-12H2,1H3/b20-10+. The Kier molecular flexibility index (Phi) is 7.63. The predicted molar refractivity (Wildman–Crippen MR) is 131 cm³/mol. The van der Waals surface area contributed by atoms with E-state index in [-0.39, 0.29) is 40.4 Å². The summed E-state index contributed by atoms with van der Waals surface area (Å²) in [5.74, 6) is -1.00. The van der Waals surface area contributed by atoms with Gasteiger partial charge in [0.15, 0.2) is 5.75 Å². The summed E-state index contributed by atoms with van der Waals surface area (Å²) in [7, 11) is 1.22. The van der Waals surface area contributed by atoms with Crippen molar-refractivity contribution < 1.29 is 32.7 Å². The fraction of sp³-hybridized carbons (Fsp3) is 0.125. The van der Waals surface area contributed by atoms with Crippen LogP contribution in [0.2, 0.25) is 5.02 Å². The van der Waals surface area contributed by atoms with Gasteiger partial charge in [-0.25, -0.2) is 9.18 Å². The van der Waals surface area contributed by atoms with Gasteiger partial charge in [-0.3, -0.25) is 14.5 Å². The molecule has 1 saturated heterocycles. The third-order valence-electron chi connectivity index (χ3n) is 4.88. The lowest BCUT2D eigenvalue weighted by Gasteiger charge is -2.12. The minimum absolute atomic E-state index is 0.0201. The summed E-state index contributed by atoms with van der Waals surface area (Å²) in [4.78, 5) is 38.0. The Balaban J connectivity index is 1.48. The molecule has 0 atom stereocenters. The maximum absolute atomic E-state index is 13.9. The summed E-state index contributed by atoms with van der Waals surface area (Å²) < 4.78 is 30.0. The number of esters is 1. The summed E-state index contributed by atoms with van der Waals surface area (Å²) in [5.41, 5.74) is 0.931. The zero-order chi connectivity index (χ0) is 25.1. The van der Waals surface area contributed by atoms with Crippen LogP contribution in [0.5, 0.6) is 5.75 Å². The van der Waals surface area contributed by atoms with Crippen LogP contribution < -0.4 is 4.74 Å². The van der Waals surface area contributed by atoms with Crippen LogP contribution in [0.3, 0.4) is 0 Å². The molecule has 0 bridgehead atoms. The molecule has 3 aromatic rings. The molecule has 7 nitrogen and oxygen atoms in total. The number of rotatable bonds is 7. The molecule has 4 rings (SSSR count). The average Bonchev–Trinajstić information content (AvgIpc) is 3.39. The fourth-order valence-corrected chi connectivity index (χ4v) is 5.01. The monoisotopic (exact) mass is 579 g/mol. The molecule has 180 valence electrons. The van der Waals surface area contributed by atoms with Crippen molar-refractivity contribution in [3.63, 3.8) is 0 Å². The topological polar surface area (TPSA) is 86.0 Å². The smallest absolute Gasteiger partial charge is 0.373 e. The highest BCUT2D eigenvalue weighted by Gasteiger charge is 2.36. The predicted octanol–water partition coefficient (Wildman–Crippen LogP) is 6.44. The Morgan fingerprint density at radius 3 is 2.71 bits per heavy atom. The van der Waals surface area contributed by atoms with Gasteiger partial charge >= 0.3 is 5.97 Å². The SMILES string of the molecule is COC(=O)c1ccc(CN2C(=O)S/C(=C/c3cc(Cl)c(OCc4ccccc4F)c(Br)c3)C2=O)o1. The van der Waals surface area contributed by atoms with Gasteiger partial charge in [0.1, 0.15) is 18.2 Å². The number of furan rings is 1. The summed E-state index contributed by atoms with van der Waals surface area (Å²) in [6.07, 6.45) is 1.53. The zero-order valence-electron chi connectivity index (χ0n) is 18.0. The normalized spacial score (nSPS) is 14.6. The van der Waals surface area contributed by atoms with E-state index >= 15 is 0 Å². The van der Waals surface area contributed by atoms with E-state index in [4.69, 9.17) is 20.8 Å². The van der Waals surface area contributed by atoms with E-state index < -0.39 is 17.1 Å². The van der Waals surface area contributed by atoms with E-state index in [1.54, 1.807) is 30.3 Å². The van der Waals surface area contributed by atoms with Crippen molar-refractivity contribution in [2.75, 3.05) is 7.11 Å². The lowest BCUT2D eigenvalue weighted by atomic mass is 10.2. The first-order valence-corrected chi connectivity index (χ1v) is 12.0. The maximum Gasteiger partial charge on any atom is 0.373 e. The third-order valence-corrected chi connectivity index (χ3v) is 6.66. The number of hydrogen-bond donors (Lipinski definition) is 0. The highest BCUT2D eigenvalue weighted by atomic mass is 79.9.